The highest BCUT2D eigenvalue weighted by Gasteiger charge is 1.97. The van der Waals surface area contributed by atoms with Gasteiger partial charge in [-0.25, -0.2) is 0 Å². The lowest BCUT2D eigenvalue weighted by molar-refractivity contribution is 0.172. The summed E-state index contributed by atoms with van der Waals surface area (Å²) in [6, 6.07) is 0. The average molecular weight is 122 g/mol. The van der Waals surface area contributed by atoms with E-state index in [0.29, 0.717) is 19.3 Å². The summed E-state index contributed by atoms with van der Waals surface area (Å²) >= 11 is 0. The molecule has 0 amide bonds. The van der Waals surface area contributed by atoms with Crippen LogP contribution >= 0.6 is 0 Å². The molecule has 0 aromatic rings. The van der Waals surface area contributed by atoms with E-state index < -0.39 is 6.10 Å². The molecule has 0 aliphatic heterocycles. The fourth-order valence-corrected chi connectivity index (χ4v) is 0.488. The summed E-state index contributed by atoms with van der Waals surface area (Å²) in [5, 5.41) is 8.94. The van der Waals surface area contributed by atoms with E-state index in [4.69, 9.17) is 18.0 Å². The predicted octanol–water partition coefficient (Wildman–Crippen LogP) is 0.784. The largest absolute Gasteiger partial charge is 0.392 e. The van der Waals surface area contributed by atoms with Gasteiger partial charge in [0.05, 0.1) is 6.10 Å². The number of aliphatic hydroxyl groups is 1. The van der Waals surface area contributed by atoms with E-state index in [0.717, 1.165) is 0 Å². The molecule has 9 heavy (non-hydrogen) atoms. The number of terminal acetylenes is 2. The van der Waals surface area contributed by atoms with Crippen LogP contribution in [0.25, 0.3) is 0 Å². The topological polar surface area (TPSA) is 20.2 Å². The first-order valence-corrected chi connectivity index (χ1v) is 2.86. The van der Waals surface area contributed by atoms with Crippen molar-refractivity contribution in [1.29, 1.82) is 0 Å². The number of hydrogen-bond donors (Lipinski definition) is 1. The van der Waals surface area contributed by atoms with Crippen LogP contribution in [0.1, 0.15) is 19.3 Å². The van der Waals surface area contributed by atoms with Crippen LogP contribution in [0.15, 0.2) is 0 Å². The second kappa shape index (κ2) is 5.22. The lowest BCUT2D eigenvalue weighted by Gasteiger charge is -2.01. The first-order valence-electron chi connectivity index (χ1n) is 2.86. The molecule has 1 heteroatoms. The Hall–Kier alpha value is -0.920. The van der Waals surface area contributed by atoms with Gasteiger partial charge in [-0.2, -0.15) is 0 Å². The molecule has 0 saturated carbocycles. The Morgan fingerprint density at radius 1 is 1.33 bits per heavy atom. The molecular weight excluding hydrogens is 112 g/mol. The highest BCUT2D eigenvalue weighted by atomic mass is 16.3. The van der Waals surface area contributed by atoms with Crippen molar-refractivity contribution in [2.45, 2.75) is 25.4 Å². The molecule has 0 aromatic carbocycles. The summed E-state index contributed by atoms with van der Waals surface area (Å²) in [5.74, 6) is 4.79. The van der Waals surface area contributed by atoms with Gasteiger partial charge < -0.3 is 5.11 Å². The molecule has 1 atom stereocenters. The Balaban J connectivity index is 3.21. The molecule has 0 aromatic heterocycles. The van der Waals surface area contributed by atoms with Crippen molar-refractivity contribution in [3.63, 3.8) is 0 Å². The third kappa shape index (κ3) is 4.94. The normalized spacial score (nSPS) is 11.4. The van der Waals surface area contributed by atoms with Crippen molar-refractivity contribution < 1.29 is 5.11 Å². The molecule has 1 unspecified atom stereocenters. The quantitative estimate of drug-likeness (QED) is 0.548. The molecule has 0 fully saturated rings. The molecule has 1 nitrogen and oxygen atoms in total. The summed E-state index contributed by atoms with van der Waals surface area (Å²) in [4.78, 5) is 0. The van der Waals surface area contributed by atoms with Crippen LogP contribution < -0.4 is 0 Å². The summed E-state index contributed by atoms with van der Waals surface area (Å²) < 4.78 is 0. The molecular formula is C8H10O. The number of aliphatic hydroxyl groups excluding tert-OH is 1. The van der Waals surface area contributed by atoms with Crippen LogP contribution in [0.4, 0.5) is 0 Å². The maximum Gasteiger partial charge on any atom is 0.0658 e. The van der Waals surface area contributed by atoms with Gasteiger partial charge in [0.1, 0.15) is 0 Å². The molecule has 0 bridgehead atoms. The van der Waals surface area contributed by atoms with E-state index >= 15 is 0 Å². The Labute approximate surface area is 56.1 Å². The Kier molecular flexibility index (Phi) is 4.69. The summed E-state index contributed by atoms with van der Waals surface area (Å²) in [5.41, 5.74) is 0. The minimum atomic E-state index is -0.411. The van der Waals surface area contributed by atoms with Crippen LogP contribution in [-0.2, 0) is 0 Å². The van der Waals surface area contributed by atoms with Gasteiger partial charge in [0.2, 0.25) is 0 Å². The van der Waals surface area contributed by atoms with E-state index in [-0.39, 0.29) is 0 Å². The molecule has 1 N–H and O–H groups in total. The van der Waals surface area contributed by atoms with E-state index in [1.165, 1.54) is 0 Å². The summed E-state index contributed by atoms with van der Waals surface area (Å²) in [6.07, 6.45) is 11.1. The van der Waals surface area contributed by atoms with Gasteiger partial charge in [0.15, 0.2) is 0 Å². The maximum atomic E-state index is 8.94. The zero-order valence-electron chi connectivity index (χ0n) is 5.30. The zero-order chi connectivity index (χ0) is 7.11. The van der Waals surface area contributed by atoms with E-state index in [2.05, 4.69) is 11.8 Å². The predicted molar refractivity (Wildman–Crippen MR) is 37.5 cm³/mol. The van der Waals surface area contributed by atoms with Crippen LogP contribution in [0.5, 0.6) is 0 Å². The molecule has 48 valence electrons. The highest BCUT2D eigenvalue weighted by molar-refractivity contribution is 4.89. The van der Waals surface area contributed by atoms with Crippen molar-refractivity contribution in [2.24, 2.45) is 0 Å². The smallest absolute Gasteiger partial charge is 0.0658 e. The average Bonchev–Trinajstić information content (AvgIpc) is 1.85. The monoisotopic (exact) mass is 122 g/mol. The Morgan fingerprint density at radius 2 is 2.00 bits per heavy atom. The van der Waals surface area contributed by atoms with Crippen LogP contribution in [-0.4, -0.2) is 11.2 Å². The minimum absolute atomic E-state index is 0.404. The molecule has 0 saturated heterocycles. The molecule has 0 spiro atoms. The molecule has 0 rings (SSSR count). The van der Waals surface area contributed by atoms with Crippen molar-refractivity contribution in [1.82, 2.24) is 0 Å². The van der Waals surface area contributed by atoms with Crippen molar-refractivity contribution in [3.8, 4) is 24.7 Å². The van der Waals surface area contributed by atoms with E-state index in [9.17, 15) is 0 Å². The number of hydrogen-bond acceptors (Lipinski definition) is 1. The summed E-state index contributed by atoms with van der Waals surface area (Å²) in [7, 11) is 0. The van der Waals surface area contributed by atoms with Crippen molar-refractivity contribution in [3.05, 3.63) is 0 Å². The molecule has 0 aliphatic carbocycles. The van der Waals surface area contributed by atoms with Crippen molar-refractivity contribution in [2.75, 3.05) is 0 Å². The SMILES string of the molecule is C#CCCC(O)CC#C. The summed E-state index contributed by atoms with van der Waals surface area (Å²) in [6.45, 7) is 0. The second-order valence-corrected chi connectivity index (χ2v) is 1.80. The van der Waals surface area contributed by atoms with Crippen LogP contribution in [0.2, 0.25) is 0 Å². The van der Waals surface area contributed by atoms with Crippen LogP contribution in [0.3, 0.4) is 0 Å². The van der Waals surface area contributed by atoms with E-state index in [1.807, 2.05) is 0 Å². The molecule has 0 heterocycles. The lowest BCUT2D eigenvalue weighted by atomic mass is 10.1. The standard InChI is InChI=1S/C8H10O/c1-3-5-7-8(9)6-4-2/h1-2,8-9H,5-7H2. The molecule has 0 radical (unpaired) electrons. The van der Waals surface area contributed by atoms with Gasteiger partial charge in [-0.05, 0) is 6.42 Å². The van der Waals surface area contributed by atoms with Gasteiger partial charge in [-0.1, -0.05) is 0 Å². The Morgan fingerprint density at radius 3 is 2.44 bits per heavy atom. The first kappa shape index (κ1) is 8.08. The van der Waals surface area contributed by atoms with Gasteiger partial charge in [0, 0.05) is 12.8 Å². The minimum Gasteiger partial charge on any atom is -0.392 e. The van der Waals surface area contributed by atoms with Gasteiger partial charge >= 0.3 is 0 Å². The van der Waals surface area contributed by atoms with E-state index in [1.54, 1.807) is 0 Å². The highest BCUT2D eigenvalue weighted by Crippen LogP contribution is 1.98. The fraction of sp³-hybridized carbons (Fsp3) is 0.500. The Bertz CT molecular complexity index is 136. The maximum absolute atomic E-state index is 8.94. The third-order valence-corrected chi connectivity index (χ3v) is 0.975. The fourth-order valence-electron chi connectivity index (χ4n) is 0.488. The second-order valence-electron chi connectivity index (χ2n) is 1.80. The van der Waals surface area contributed by atoms with Crippen molar-refractivity contribution >= 4 is 0 Å². The third-order valence-electron chi connectivity index (χ3n) is 0.975. The van der Waals surface area contributed by atoms with Gasteiger partial charge in [-0.15, -0.1) is 24.7 Å². The van der Waals surface area contributed by atoms with Crippen LogP contribution in [0, 0.1) is 24.7 Å². The first-order chi connectivity index (χ1) is 4.31. The number of rotatable bonds is 3. The molecule has 0 aliphatic rings. The lowest BCUT2D eigenvalue weighted by Crippen LogP contribution is -2.03. The van der Waals surface area contributed by atoms with Gasteiger partial charge in [-0.3, -0.25) is 0 Å². The van der Waals surface area contributed by atoms with Gasteiger partial charge in [0.25, 0.3) is 0 Å². The zero-order valence-corrected chi connectivity index (χ0v) is 5.30.